The van der Waals surface area contributed by atoms with Crippen LogP contribution in [-0.4, -0.2) is 34.0 Å². The molecule has 5 nitrogen and oxygen atoms in total. The van der Waals surface area contributed by atoms with E-state index in [1.54, 1.807) is 0 Å². The Morgan fingerprint density at radius 2 is 2.14 bits per heavy atom. The first-order valence-electron chi connectivity index (χ1n) is 3.89. The standard InChI is InChI=1S/C8H12N2O3S/c1-8(2,7(12)13)10-6(11)5-14-4-3-9/h4-5H2,1-2H3,(H,10,11)(H,12,13). The van der Waals surface area contributed by atoms with Crippen molar-refractivity contribution in [2.45, 2.75) is 19.4 Å². The summed E-state index contributed by atoms with van der Waals surface area (Å²) in [7, 11) is 0. The summed E-state index contributed by atoms with van der Waals surface area (Å²) in [6.45, 7) is 2.81. The number of hydrogen-bond donors (Lipinski definition) is 2. The second kappa shape index (κ2) is 5.50. The van der Waals surface area contributed by atoms with Gasteiger partial charge in [-0.05, 0) is 13.8 Å². The van der Waals surface area contributed by atoms with Crippen LogP contribution in [0.1, 0.15) is 13.8 Å². The Morgan fingerprint density at radius 1 is 1.57 bits per heavy atom. The third-order valence-electron chi connectivity index (χ3n) is 1.39. The molecule has 0 aliphatic carbocycles. The molecule has 0 saturated carbocycles. The van der Waals surface area contributed by atoms with E-state index in [-0.39, 0.29) is 17.4 Å². The number of nitrogens with one attached hydrogen (secondary N) is 1. The van der Waals surface area contributed by atoms with Crippen molar-refractivity contribution in [3.05, 3.63) is 0 Å². The molecule has 0 heterocycles. The number of carboxylic acids is 1. The predicted molar refractivity (Wildman–Crippen MR) is 52.8 cm³/mol. The van der Waals surface area contributed by atoms with E-state index in [1.165, 1.54) is 13.8 Å². The summed E-state index contributed by atoms with van der Waals surface area (Å²) in [5.74, 6) is -1.14. The van der Waals surface area contributed by atoms with Gasteiger partial charge in [0.1, 0.15) is 5.54 Å². The number of nitriles is 1. The molecule has 2 N–H and O–H groups in total. The maximum Gasteiger partial charge on any atom is 0.328 e. The van der Waals surface area contributed by atoms with Gasteiger partial charge in [-0.2, -0.15) is 5.26 Å². The van der Waals surface area contributed by atoms with Gasteiger partial charge in [-0.15, -0.1) is 11.8 Å². The van der Waals surface area contributed by atoms with Gasteiger partial charge in [0.25, 0.3) is 0 Å². The molecule has 0 aromatic heterocycles. The largest absolute Gasteiger partial charge is 0.480 e. The molecule has 0 radical (unpaired) electrons. The first-order chi connectivity index (χ1) is 6.40. The number of aliphatic carboxylic acids is 1. The van der Waals surface area contributed by atoms with Crippen molar-refractivity contribution in [3.8, 4) is 6.07 Å². The van der Waals surface area contributed by atoms with Crippen molar-refractivity contribution in [1.29, 1.82) is 5.26 Å². The highest BCUT2D eigenvalue weighted by Gasteiger charge is 2.28. The van der Waals surface area contributed by atoms with Crippen LogP contribution >= 0.6 is 11.8 Å². The molecule has 0 spiro atoms. The molecule has 0 rings (SSSR count). The molecule has 78 valence electrons. The highest BCUT2D eigenvalue weighted by atomic mass is 32.2. The van der Waals surface area contributed by atoms with E-state index in [0.717, 1.165) is 11.8 Å². The average molecular weight is 216 g/mol. The van der Waals surface area contributed by atoms with Crippen LogP contribution in [0.2, 0.25) is 0 Å². The maximum atomic E-state index is 11.1. The Balaban J connectivity index is 3.95. The van der Waals surface area contributed by atoms with Crippen molar-refractivity contribution in [1.82, 2.24) is 5.32 Å². The monoisotopic (exact) mass is 216 g/mol. The predicted octanol–water partition coefficient (Wildman–Crippen LogP) is 0.223. The molecule has 0 atom stereocenters. The van der Waals surface area contributed by atoms with Crippen LogP contribution in [0.15, 0.2) is 0 Å². The zero-order valence-corrected chi connectivity index (χ0v) is 8.85. The molecular formula is C8H12N2O3S. The minimum absolute atomic E-state index is 0.101. The number of rotatable bonds is 5. The van der Waals surface area contributed by atoms with Crippen LogP contribution in [0.4, 0.5) is 0 Å². The highest BCUT2D eigenvalue weighted by molar-refractivity contribution is 8.00. The van der Waals surface area contributed by atoms with Gasteiger partial charge in [0.05, 0.1) is 17.6 Å². The lowest BCUT2D eigenvalue weighted by Crippen LogP contribution is -2.50. The number of hydrogen-bond acceptors (Lipinski definition) is 4. The molecule has 1 amide bonds. The van der Waals surface area contributed by atoms with Gasteiger partial charge in [-0.3, -0.25) is 4.79 Å². The Kier molecular flexibility index (Phi) is 5.02. The Labute approximate surface area is 86.5 Å². The smallest absolute Gasteiger partial charge is 0.328 e. The van der Waals surface area contributed by atoms with Gasteiger partial charge in [-0.25, -0.2) is 4.79 Å². The van der Waals surface area contributed by atoms with Crippen molar-refractivity contribution in [2.75, 3.05) is 11.5 Å². The molecule has 6 heteroatoms. The molecule has 0 bridgehead atoms. The minimum atomic E-state index is -1.26. The van der Waals surface area contributed by atoms with Crippen LogP contribution in [0.25, 0.3) is 0 Å². The lowest BCUT2D eigenvalue weighted by atomic mass is 10.1. The van der Waals surface area contributed by atoms with Crippen molar-refractivity contribution in [2.24, 2.45) is 0 Å². The second-order valence-electron chi connectivity index (χ2n) is 3.13. The fraction of sp³-hybridized carbons (Fsp3) is 0.625. The zero-order valence-electron chi connectivity index (χ0n) is 8.03. The van der Waals surface area contributed by atoms with E-state index < -0.39 is 11.5 Å². The minimum Gasteiger partial charge on any atom is -0.480 e. The first-order valence-corrected chi connectivity index (χ1v) is 5.04. The SMILES string of the molecule is CC(C)(NC(=O)CSCC#N)C(=O)O. The number of amides is 1. The first kappa shape index (κ1) is 12.8. The maximum absolute atomic E-state index is 11.1. The van der Waals surface area contributed by atoms with E-state index in [0.29, 0.717) is 0 Å². The van der Waals surface area contributed by atoms with Gasteiger partial charge < -0.3 is 10.4 Å². The van der Waals surface area contributed by atoms with Crippen LogP contribution in [0, 0.1) is 11.3 Å². The summed E-state index contributed by atoms with van der Waals surface area (Å²) in [6.07, 6.45) is 0. The van der Waals surface area contributed by atoms with Crippen molar-refractivity contribution >= 4 is 23.6 Å². The van der Waals surface area contributed by atoms with Gasteiger partial charge in [0.15, 0.2) is 0 Å². The third-order valence-corrected chi connectivity index (χ3v) is 2.19. The number of nitrogens with zero attached hydrogens (tertiary/aromatic N) is 1. The molecular weight excluding hydrogens is 204 g/mol. The van der Waals surface area contributed by atoms with E-state index >= 15 is 0 Å². The Bertz CT molecular complexity index is 270. The molecule has 0 aromatic carbocycles. The number of carbonyl (C=O) groups excluding carboxylic acids is 1. The lowest BCUT2D eigenvalue weighted by Gasteiger charge is -2.20. The van der Waals surface area contributed by atoms with E-state index in [9.17, 15) is 9.59 Å². The summed E-state index contributed by atoms with van der Waals surface area (Å²) < 4.78 is 0. The van der Waals surface area contributed by atoms with E-state index in [1.807, 2.05) is 6.07 Å². The van der Waals surface area contributed by atoms with Crippen LogP contribution in [0.5, 0.6) is 0 Å². The normalized spacial score (nSPS) is 10.4. The fourth-order valence-corrected chi connectivity index (χ4v) is 1.08. The lowest BCUT2D eigenvalue weighted by molar-refractivity contribution is -0.145. The molecule has 0 aliphatic rings. The summed E-state index contributed by atoms with van der Waals surface area (Å²) in [4.78, 5) is 21.7. The van der Waals surface area contributed by atoms with Crippen LogP contribution < -0.4 is 5.32 Å². The molecule has 0 aliphatic heterocycles. The second-order valence-corrected chi connectivity index (χ2v) is 4.11. The summed E-state index contributed by atoms with van der Waals surface area (Å²) in [6, 6.07) is 1.88. The molecule has 14 heavy (non-hydrogen) atoms. The van der Waals surface area contributed by atoms with E-state index in [2.05, 4.69) is 5.32 Å². The molecule has 0 aromatic rings. The van der Waals surface area contributed by atoms with Crippen molar-refractivity contribution in [3.63, 3.8) is 0 Å². The molecule has 0 saturated heterocycles. The van der Waals surface area contributed by atoms with Gasteiger partial charge >= 0.3 is 5.97 Å². The molecule has 0 fully saturated rings. The van der Waals surface area contributed by atoms with Crippen LogP contribution in [-0.2, 0) is 9.59 Å². The summed E-state index contributed by atoms with van der Waals surface area (Å²) in [5, 5.41) is 19.2. The fourth-order valence-electron chi connectivity index (χ4n) is 0.627. The number of carbonyl (C=O) groups is 2. The topological polar surface area (TPSA) is 90.2 Å². The summed E-state index contributed by atoms with van der Waals surface area (Å²) in [5.41, 5.74) is -1.26. The Hall–Kier alpha value is -1.22. The van der Waals surface area contributed by atoms with Crippen molar-refractivity contribution < 1.29 is 14.7 Å². The number of carboxylic acid groups (broad SMARTS) is 1. The van der Waals surface area contributed by atoms with Gasteiger partial charge in [0.2, 0.25) is 5.91 Å². The quantitative estimate of drug-likeness (QED) is 0.642. The zero-order chi connectivity index (χ0) is 11.2. The van der Waals surface area contributed by atoms with E-state index in [4.69, 9.17) is 10.4 Å². The highest BCUT2D eigenvalue weighted by Crippen LogP contribution is 2.04. The van der Waals surface area contributed by atoms with Crippen LogP contribution in [0.3, 0.4) is 0 Å². The number of thioether (sulfide) groups is 1. The summed E-state index contributed by atoms with van der Waals surface area (Å²) >= 11 is 1.15. The molecule has 0 unspecified atom stereocenters. The third kappa shape index (κ3) is 4.72. The van der Waals surface area contributed by atoms with Gasteiger partial charge in [-0.1, -0.05) is 0 Å². The van der Waals surface area contributed by atoms with Gasteiger partial charge in [0, 0.05) is 0 Å². The Morgan fingerprint density at radius 3 is 2.57 bits per heavy atom. The average Bonchev–Trinajstić information content (AvgIpc) is 2.03.